The van der Waals surface area contributed by atoms with Gasteiger partial charge in [0.2, 0.25) is 0 Å². The van der Waals surface area contributed by atoms with Crippen LogP contribution in [0.1, 0.15) is 0 Å². The molecule has 0 N–H and O–H groups in total. The standard InChI is InChI=1S/C10H9N5S/c11-15-14-5-6-16-10-8-3-1-2-4-9(8)12-7-13-10/h1-4,7H,5-6H2. The number of para-hydroxylation sites is 1. The van der Waals surface area contributed by atoms with E-state index in [1.165, 1.54) is 0 Å². The van der Waals surface area contributed by atoms with Crippen LogP contribution in [0.15, 0.2) is 40.7 Å². The van der Waals surface area contributed by atoms with Crippen LogP contribution in [0.25, 0.3) is 21.3 Å². The number of aromatic nitrogens is 2. The molecular formula is C10H9N5S. The van der Waals surface area contributed by atoms with E-state index in [9.17, 15) is 0 Å². The van der Waals surface area contributed by atoms with E-state index in [2.05, 4.69) is 20.0 Å². The van der Waals surface area contributed by atoms with Gasteiger partial charge in [0.25, 0.3) is 0 Å². The molecule has 0 aliphatic rings. The van der Waals surface area contributed by atoms with E-state index >= 15 is 0 Å². The minimum absolute atomic E-state index is 0.472. The summed E-state index contributed by atoms with van der Waals surface area (Å²) in [7, 11) is 0. The maximum atomic E-state index is 8.16. The average molecular weight is 231 g/mol. The van der Waals surface area contributed by atoms with E-state index in [4.69, 9.17) is 5.53 Å². The molecule has 0 fully saturated rings. The molecule has 1 aromatic heterocycles. The molecule has 0 atom stereocenters. The van der Waals surface area contributed by atoms with E-state index < -0.39 is 0 Å². The lowest BCUT2D eigenvalue weighted by Gasteiger charge is -2.02. The van der Waals surface area contributed by atoms with E-state index in [0.29, 0.717) is 6.54 Å². The second-order valence-electron chi connectivity index (χ2n) is 3.00. The number of nitrogens with zero attached hydrogens (tertiary/aromatic N) is 5. The van der Waals surface area contributed by atoms with Crippen molar-refractivity contribution < 1.29 is 0 Å². The Bertz CT molecular complexity index is 530. The fraction of sp³-hybridized carbons (Fsp3) is 0.200. The number of hydrogen-bond acceptors (Lipinski definition) is 4. The van der Waals surface area contributed by atoms with Crippen molar-refractivity contribution in [3.63, 3.8) is 0 Å². The van der Waals surface area contributed by atoms with Crippen molar-refractivity contribution in [2.24, 2.45) is 5.11 Å². The van der Waals surface area contributed by atoms with Gasteiger partial charge in [0.1, 0.15) is 11.4 Å². The molecule has 2 aromatic rings. The number of hydrogen-bond donors (Lipinski definition) is 0. The van der Waals surface area contributed by atoms with Gasteiger partial charge in [-0.25, -0.2) is 9.97 Å². The first-order valence-corrected chi connectivity index (χ1v) is 5.74. The first-order valence-electron chi connectivity index (χ1n) is 4.75. The zero-order valence-corrected chi connectivity index (χ0v) is 9.26. The van der Waals surface area contributed by atoms with Gasteiger partial charge >= 0.3 is 0 Å². The summed E-state index contributed by atoms with van der Waals surface area (Å²) >= 11 is 1.57. The first kappa shape index (κ1) is 10.7. The molecule has 1 aromatic carbocycles. The highest BCUT2D eigenvalue weighted by molar-refractivity contribution is 7.99. The Hall–Kier alpha value is -1.78. The van der Waals surface area contributed by atoms with Gasteiger partial charge in [0.05, 0.1) is 5.52 Å². The van der Waals surface area contributed by atoms with Crippen LogP contribution in [-0.2, 0) is 0 Å². The van der Waals surface area contributed by atoms with Gasteiger partial charge in [-0.15, -0.1) is 11.8 Å². The molecule has 0 spiro atoms. The van der Waals surface area contributed by atoms with Crippen molar-refractivity contribution >= 4 is 22.7 Å². The molecule has 0 aliphatic carbocycles. The molecule has 5 nitrogen and oxygen atoms in total. The quantitative estimate of drug-likeness (QED) is 0.203. The van der Waals surface area contributed by atoms with Gasteiger partial charge in [0, 0.05) is 22.6 Å². The molecule has 0 unspecified atom stereocenters. The zero-order valence-electron chi connectivity index (χ0n) is 8.45. The third-order valence-corrected chi connectivity index (χ3v) is 2.99. The minimum atomic E-state index is 0.472. The van der Waals surface area contributed by atoms with Crippen LogP contribution in [0.5, 0.6) is 0 Å². The Labute approximate surface area is 96.5 Å². The zero-order chi connectivity index (χ0) is 11.2. The van der Waals surface area contributed by atoms with Crippen LogP contribution < -0.4 is 0 Å². The lowest BCUT2D eigenvalue weighted by atomic mass is 10.2. The van der Waals surface area contributed by atoms with Crippen LogP contribution in [0, 0.1) is 0 Å². The lowest BCUT2D eigenvalue weighted by molar-refractivity contribution is 1.08. The van der Waals surface area contributed by atoms with Crippen molar-refractivity contribution in [1.29, 1.82) is 0 Å². The second kappa shape index (κ2) is 5.34. The Morgan fingerprint density at radius 3 is 3.06 bits per heavy atom. The molecule has 0 aliphatic heterocycles. The summed E-state index contributed by atoms with van der Waals surface area (Å²) in [5.74, 6) is 0.727. The molecule has 2 rings (SSSR count). The third kappa shape index (κ3) is 2.42. The van der Waals surface area contributed by atoms with Gasteiger partial charge in [-0.3, -0.25) is 0 Å². The molecule has 0 amide bonds. The predicted molar refractivity (Wildman–Crippen MR) is 64.3 cm³/mol. The summed E-state index contributed by atoms with van der Waals surface area (Å²) in [5.41, 5.74) is 9.09. The van der Waals surface area contributed by atoms with Crippen LogP contribution in [0.2, 0.25) is 0 Å². The van der Waals surface area contributed by atoms with Crippen LogP contribution in [0.4, 0.5) is 0 Å². The summed E-state index contributed by atoms with van der Waals surface area (Å²) in [4.78, 5) is 11.1. The van der Waals surface area contributed by atoms with Crippen LogP contribution >= 0.6 is 11.8 Å². The Balaban J connectivity index is 2.20. The molecule has 1 heterocycles. The number of rotatable bonds is 4. The SMILES string of the molecule is [N-]=[N+]=NCCSc1ncnc2ccccc12. The van der Waals surface area contributed by atoms with Gasteiger partial charge in [-0.2, -0.15) is 0 Å². The van der Waals surface area contributed by atoms with Gasteiger partial charge < -0.3 is 0 Å². The fourth-order valence-corrected chi connectivity index (χ4v) is 2.14. The molecule has 80 valence electrons. The smallest absolute Gasteiger partial charge is 0.117 e. The summed E-state index contributed by atoms with van der Waals surface area (Å²) in [5, 5.41) is 5.45. The molecule has 16 heavy (non-hydrogen) atoms. The topological polar surface area (TPSA) is 74.5 Å². The minimum Gasteiger partial charge on any atom is -0.236 e. The molecule has 6 heteroatoms. The average Bonchev–Trinajstić information content (AvgIpc) is 2.35. The van der Waals surface area contributed by atoms with E-state index in [0.717, 1.165) is 21.7 Å². The number of thioether (sulfide) groups is 1. The van der Waals surface area contributed by atoms with Crippen molar-refractivity contribution in [2.75, 3.05) is 12.3 Å². The largest absolute Gasteiger partial charge is 0.236 e. The maximum Gasteiger partial charge on any atom is 0.117 e. The summed E-state index contributed by atoms with van der Waals surface area (Å²) in [6.45, 7) is 0.472. The molecular weight excluding hydrogens is 222 g/mol. The molecule has 0 saturated heterocycles. The highest BCUT2D eigenvalue weighted by Gasteiger charge is 2.02. The molecule has 0 radical (unpaired) electrons. The highest BCUT2D eigenvalue weighted by atomic mass is 32.2. The Kier molecular flexibility index (Phi) is 3.58. The number of fused-ring (bicyclic) bond motifs is 1. The fourth-order valence-electron chi connectivity index (χ4n) is 1.32. The third-order valence-electron chi connectivity index (χ3n) is 2.00. The van der Waals surface area contributed by atoms with Gasteiger partial charge in [-0.1, -0.05) is 23.3 Å². The second-order valence-corrected chi connectivity index (χ2v) is 4.08. The van der Waals surface area contributed by atoms with Gasteiger partial charge in [-0.05, 0) is 11.6 Å². The van der Waals surface area contributed by atoms with E-state index in [1.54, 1.807) is 18.1 Å². The van der Waals surface area contributed by atoms with Crippen molar-refractivity contribution in [3.05, 3.63) is 41.0 Å². The monoisotopic (exact) mass is 231 g/mol. The molecule has 0 saturated carbocycles. The van der Waals surface area contributed by atoms with Crippen molar-refractivity contribution in [2.45, 2.75) is 5.03 Å². The van der Waals surface area contributed by atoms with Crippen LogP contribution in [0.3, 0.4) is 0 Å². The maximum absolute atomic E-state index is 8.16. The van der Waals surface area contributed by atoms with Crippen LogP contribution in [-0.4, -0.2) is 22.3 Å². The lowest BCUT2D eigenvalue weighted by Crippen LogP contribution is -1.89. The number of azide groups is 1. The van der Waals surface area contributed by atoms with Crippen molar-refractivity contribution in [3.8, 4) is 0 Å². The van der Waals surface area contributed by atoms with Crippen molar-refractivity contribution in [1.82, 2.24) is 9.97 Å². The summed E-state index contributed by atoms with van der Waals surface area (Å²) in [6.07, 6.45) is 1.55. The van der Waals surface area contributed by atoms with Gasteiger partial charge in [0.15, 0.2) is 0 Å². The summed E-state index contributed by atoms with van der Waals surface area (Å²) in [6, 6.07) is 7.85. The van der Waals surface area contributed by atoms with E-state index in [-0.39, 0.29) is 0 Å². The normalized spacial score (nSPS) is 10.0. The predicted octanol–water partition coefficient (Wildman–Crippen LogP) is 3.03. The highest BCUT2D eigenvalue weighted by Crippen LogP contribution is 2.23. The number of benzene rings is 1. The Morgan fingerprint density at radius 2 is 2.19 bits per heavy atom. The summed E-state index contributed by atoms with van der Waals surface area (Å²) < 4.78 is 0. The Morgan fingerprint density at radius 1 is 1.31 bits per heavy atom. The van der Waals surface area contributed by atoms with E-state index in [1.807, 2.05) is 24.3 Å². The molecule has 0 bridgehead atoms. The first-order chi connectivity index (χ1) is 7.92.